The van der Waals surface area contributed by atoms with Gasteiger partial charge in [0.15, 0.2) is 6.29 Å². The van der Waals surface area contributed by atoms with Crippen LogP contribution in [0.5, 0.6) is 0 Å². The summed E-state index contributed by atoms with van der Waals surface area (Å²) < 4.78 is 31.9. The zero-order valence-corrected chi connectivity index (χ0v) is 11.7. The van der Waals surface area contributed by atoms with Crippen LogP contribution in [-0.2, 0) is 19.0 Å². The van der Waals surface area contributed by atoms with Gasteiger partial charge in [0.05, 0.1) is 6.26 Å². The van der Waals surface area contributed by atoms with E-state index in [4.69, 9.17) is 8.92 Å². The fourth-order valence-corrected chi connectivity index (χ4v) is 2.33. The molecule has 10 nitrogen and oxygen atoms in total. The predicted molar refractivity (Wildman–Crippen MR) is 65.1 cm³/mol. The molecule has 118 valence electrons. The molecule has 0 spiro atoms. The Kier molecular flexibility index (Phi) is 5.68. The van der Waals surface area contributed by atoms with E-state index >= 15 is 0 Å². The number of aliphatic hydroxyl groups is 3. The van der Waals surface area contributed by atoms with Gasteiger partial charge in [0, 0.05) is 13.6 Å². The molecule has 0 aliphatic carbocycles. The number of amides is 2. The number of ether oxygens (including phenoxy) is 1. The third kappa shape index (κ3) is 4.54. The molecule has 20 heavy (non-hydrogen) atoms. The standard InChI is InChI=1S/C9H18N2O8S/c1-10-9(15)11-3-4(19-20(2,16)17)7-5(12)6(13)8(14)18-7/h4-8,12-14H,3H2,1-2H3,(H2,10,11,15)/t4-,5-,6+,7-,8+/m1/s1. The average Bonchev–Trinajstić information content (AvgIpc) is 2.60. The Hall–Kier alpha value is -0.980. The third-order valence-corrected chi connectivity index (χ3v) is 3.23. The van der Waals surface area contributed by atoms with Gasteiger partial charge in [-0.2, -0.15) is 8.42 Å². The SMILES string of the molecule is CNC(=O)NC[C@@H](OS(C)(=O)=O)[C@H]1O[C@H](O)[C@@H](O)[C@H]1O. The number of hydrogen-bond acceptors (Lipinski definition) is 8. The van der Waals surface area contributed by atoms with E-state index in [1.165, 1.54) is 7.05 Å². The first-order valence-corrected chi connectivity index (χ1v) is 7.51. The van der Waals surface area contributed by atoms with E-state index in [1.54, 1.807) is 0 Å². The van der Waals surface area contributed by atoms with Crippen molar-refractivity contribution >= 4 is 16.1 Å². The van der Waals surface area contributed by atoms with E-state index in [9.17, 15) is 28.5 Å². The fraction of sp³-hybridized carbons (Fsp3) is 0.889. The van der Waals surface area contributed by atoms with Crippen LogP contribution < -0.4 is 10.6 Å². The highest BCUT2D eigenvalue weighted by atomic mass is 32.2. The molecule has 1 fully saturated rings. The summed E-state index contributed by atoms with van der Waals surface area (Å²) in [5.41, 5.74) is 0. The molecule has 5 atom stereocenters. The Morgan fingerprint density at radius 1 is 1.35 bits per heavy atom. The van der Waals surface area contributed by atoms with E-state index < -0.39 is 46.9 Å². The summed E-state index contributed by atoms with van der Waals surface area (Å²) in [4.78, 5) is 11.1. The van der Waals surface area contributed by atoms with Crippen molar-refractivity contribution in [3.63, 3.8) is 0 Å². The molecule has 0 bridgehead atoms. The summed E-state index contributed by atoms with van der Waals surface area (Å²) in [6.07, 6.45) is -6.64. The van der Waals surface area contributed by atoms with Crippen molar-refractivity contribution in [2.75, 3.05) is 19.8 Å². The number of aliphatic hydroxyl groups excluding tert-OH is 3. The highest BCUT2D eigenvalue weighted by molar-refractivity contribution is 7.86. The maximum atomic E-state index is 11.2. The number of carbonyl (C=O) groups excluding carboxylic acids is 1. The lowest BCUT2D eigenvalue weighted by molar-refractivity contribution is -0.141. The molecule has 1 aliphatic heterocycles. The number of nitrogens with one attached hydrogen (secondary N) is 2. The lowest BCUT2D eigenvalue weighted by atomic mass is 10.1. The second-order valence-corrected chi connectivity index (χ2v) is 5.87. The Bertz CT molecular complexity index is 441. The van der Waals surface area contributed by atoms with E-state index in [1.807, 2.05) is 0 Å². The third-order valence-electron chi connectivity index (χ3n) is 2.63. The number of hydrogen-bond donors (Lipinski definition) is 5. The molecule has 5 N–H and O–H groups in total. The summed E-state index contributed by atoms with van der Waals surface area (Å²) in [6, 6.07) is -0.597. The van der Waals surface area contributed by atoms with Gasteiger partial charge in [0.1, 0.15) is 24.4 Å². The molecule has 1 aliphatic rings. The summed E-state index contributed by atoms with van der Waals surface area (Å²) in [7, 11) is -2.54. The van der Waals surface area contributed by atoms with Crippen molar-refractivity contribution < 1.29 is 37.5 Å². The molecule has 11 heteroatoms. The summed E-state index contributed by atoms with van der Waals surface area (Å²) in [6.45, 7) is -0.312. The Balaban J connectivity index is 2.79. The molecule has 0 radical (unpaired) electrons. The van der Waals surface area contributed by atoms with Crippen LogP contribution in [0.15, 0.2) is 0 Å². The van der Waals surface area contributed by atoms with Gasteiger partial charge in [-0.1, -0.05) is 0 Å². The molecule has 2 amide bonds. The quantitative estimate of drug-likeness (QED) is 0.331. The van der Waals surface area contributed by atoms with Crippen LogP contribution in [0, 0.1) is 0 Å². The van der Waals surface area contributed by atoms with Crippen LogP contribution in [-0.4, -0.2) is 80.3 Å². The summed E-state index contributed by atoms with van der Waals surface area (Å²) >= 11 is 0. The normalized spacial score (nSPS) is 31.9. The van der Waals surface area contributed by atoms with Gasteiger partial charge < -0.3 is 30.7 Å². The van der Waals surface area contributed by atoms with Gasteiger partial charge >= 0.3 is 6.03 Å². The Labute approximate surface area is 115 Å². The van der Waals surface area contributed by atoms with Crippen LogP contribution in [0.25, 0.3) is 0 Å². The van der Waals surface area contributed by atoms with Gasteiger partial charge in [-0.15, -0.1) is 0 Å². The minimum atomic E-state index is -3.90. The highest BCUT2D eigenvalue weighted by Gasteiger charge is 2.47. The average molecular weight is 314 g/mol. The highest BCUT2D eigenvalue weighted by Crippen LogP contribution is 2.24. The largest absolute Gasteiger partial charge is 0.387 e. The van der Waals surface area contributed by atoms with Crippen LogP contribution in [0.4, 0.5) is 4.79 Å². The first-order chi connectivity index (χ1) is 9.15. The molecule has 1 saturated heterocycles. The summed E-state index contributed by atoms with van der Waals surface area (Å²) in [5.74, 6) is 0. The molecule has 0 aromatic carbocycles. The Morgan fingerprint density at radius 3 is 2.35 bits per heavy atom. The van der Waals surface area contributed by atoms with Crippen LogP contribution >= 0.6 is 0 Å². The second kappa shape index (κ2) is 6.65. The lowest BCUT2D eigenvalue weighted by Crippen LogP contribution is -2.48. The molecule has 1 rings (SSSR count). The minimum Gasteiger partial charge on any atom is -0.387 e. The molecule has 0 aromatic rings. The fourth-order valence-electron chi connectivity index (χ4n) is 1.70. The van der Waals surface area contributed by atoms with Gasteiger partial charge in [-0.3, -0.25) is 4.18 Å². The number of rotatable bonds is 5. The number of carbonyl (C=O) groups is 1. The van der Waals surface area contributed by atoms with Crippen molar-refractivity contribution in [3.8, 4) is 0 Å². The lowest BCUT2D eigenvalue weighted by Gasteiger charge is -2.24. The van der Waals surface area contributed by atoms with Gasteiger partial charge in [0.2, 0.25) is 0 Å². The van der Waals surface area contributed by atoms with E-state index in [-0.39, 0.29) is 6.54 Å². The van der Waals surface area contributed by atoms with Gasteiger partial charge in [0.25, 0.3) is 10.1 Å². The zero-order valence-electron chi connectivity index (χ0n) is 10.9. The second-order valence-electron chi connectivity index (χ2n) is 4.27. The first-order valence-electron chi connectivity index (χ1n) is 5.69. The van der Waals surface area contributed by atoms with Crippen LogP contribution in [0.2, 0.25) is 0 Å². The molecular formula is C9H18N2O8S. The Morgan fingerprint density at radius 2 is 1.95 bits per heavy atom. The maximum Gasteiger partial charge on any atom is 0.314 e. The zero-order chi connectivity index (χ0) is 15.5. The van der Waals surface area contributed by atoms with Crippen molar-refractivity contribution in [1.29, 1.82) is 0 Å². The van der Waals surface area contributed by atoms with Gasteiger partial charge in [-0.25, -0.2) is 4.79 Å². The van der Waals surface area contributed by atoms with Crippen molar-refractivity contribution in [1.82, 2.24) is 10.6 Å². The number of urea groups is 1. The van der Waals surface area contributed by atoms with Crippen LogP contribution in [0.1, 0.15) is 0 Å². The molecule has 0 unspecified atom stereocenters. The molecule has 1 heterocycles. The van der Waals surface area contributed by atoms with E-state index in [2.05, 4.69) is 10.6 Å². The summed E-state index contributed by atoms with van der Waals surface area (Å²) in [5, 5.41) is 32.9. The first kappa shape index (κ1) is 17.1. The molecular weight excluding hydrogens is 296 g/mol. The maximum absolute atomic E-state index is 11.2. The van der Waals surface area contributed by atoms with Crippen molar-refractivity contribution in [2.45, 2.75) is 30.7 Å². The van der Waals surface area contributed by atoms with Crippen molar-refractivity contribution in [3.05, 3.63) is 0 Å². The minimum absolute atomic E-state index is 0.312. The van der Waals surface area contributed by atoms with E-state index in [0.29, 0.717) is 0 Å². The van der Waals surface area contributed by atoms with Gasteiger partial charge in [-0.05, 0) is 0 Å². The molecule has 0 aromatic heterocycles. The monoisotopic (exact) mass is 314 g/mol. The topological polar surface area (TPSA) is 154 Å². The van der Waals surface area contributed by atoms with Crippen LogP contribution in [0.3, 0.4) is 0 Å². The van der Waals surface area contributed by atoms with E-state index in [0.717, 1.165) is 6.26 Å². The predicted octanol–water partition coefficient (Wildman–Crippen LogP) is -3.30. The smallest absolute Gasteiger partial charge is 0.314 e. The van der Waals surface area contributed by atoms with Crippen molar-refractivity contribution in [2.24, 2.45) is 0 Å². The molecule has 0 saturated carbocycles.